The SMILES string of the molecule is Cc1ccc(/C=C/C(=O)NC[C@H](O)C(=O)O)s1. The normalized spacial score (nSPS) is 12.6. The van der Waals surface area contributed by atoms with Crippen LogP contribution in [-0.2, 0) is 9.59 Å². The first-order valence-corrected chi connectivity index (χ1v) is 5.74. The molecule has 1 rings (SSSR count). The molecule has 1 atom stereocenters. The Kier molecular flexibility index (Phi) is 4.86. The Morgan fingerprint density at radius 2 is 2.24 bits per heavy atom. The molecule has 0 saturated carbocycles. The van der Waals surface area contributed by atoms with E-state index >= 15 is 0 Å². The molecule has 6 heteroatoms. The molecule has 0 fully saturated rings. The number of carboxylic acids is 1. The van der Waals surface area contributed by atoms with Crippen molar-refractivity contribution in [2.24, 2.45) is 0 Å². The van der Waals surface area contributed by atoms with E-state index in [0.29, 0.717) is 0 Å². The summed E-state index contributed by atoms with van der Waals surface area (Å²) in [4.78, 5) is 23.6. The van der Waals surface area contributed by atoms with Crippen molar-refractivity contribution >= 4 is 29.3 Å². The van der Waals surface area contributed by atoms with Crippen LogP contribution in [0.3, 0.4) is 0 Å². The van der Waals surface area contributed by atoms with E-state index in [4.69, 9.17) is 10.2 Å². The Balaban J connectivity index is 2.39. The smallest absolute Gasteiger partial charge is 0.334 e. The fourth-order valence-corrected chi connectivity index (χ4v) is 1.82. The van der Waals surface area contributed by atoms with Crippen LogP contribution in [-0.4, -0.2) is 34.7 Å². The number of carboxylic acid groups (broad SMARTS) is 1. The molecule has 3 N–H and O–H groups in total. The molecule has 1 amide bonds. The van der Waals surface area contributed by atoms with Gasteiger partial charge in [0.15, 0.2) is 6.10 Å². The lowest BCUT2D eigenvalue weighted by Gasteiger charge is -2.04. The quantitative estimate of drug-likeness (QED) is 0.674. The highest BCUT2D eigenvalue weighted by atomic mass is 32.1. The molecule has 17 heavy (non-hydrogen) atoms. The molecule has 0 unspecified atom stereocenters. The first kappa shape index (κ1) is 13.4. The summed E-state index contributed by atoms with van der Waals surface area (Å²) in [6, 6.07) is 3.83. The number of thiophene rings is 1. The van der Waals surface area contributed by atoms with Crippen LogP contribution in [0.5, 0.6) is 0 Å². The molecule has 0 radical (unpaired) electrons. The van der Waals surface area contributed by atoms with Gasteiger partial charge in [0.2, 0.25) is 5.91 Å². The average Bonchev–Trinajstić information content (AvgIpc) is 2.69. The molecule has 1 heterocycles. The lowest BCUT2D eigenvalue weighted by atomic mass is 10.3. The molecule has 5 nitrogen and oxygen atoms in total. The number of aliphatic hydroxyl groups excluding tert-OH is 1. The van der Waals surface area contributed by atoms with E-state index in [0.717, 1.165) is 9.75 Å². The van der Waals surface area contributed by atoms with Gasteiger partial charge in [-0.15, -0.1) is 11.3 Å². The summed E-state index contributed by atoms with van der Waals surface area (Å²) in [5.41, 5.74) is 0. The largest absolute Gasteiger partial charge is 0.479 e. The van der Waals surface area contributed by atoms with Crippen molar-refractivity contribution in [1.82, 2.24) is 5.32 Å². The summed E-state index contributed by atoms with van der Waals surface area (Å²) >= 11 is 1.55. The zero-order chi connectivity index (χ0) is 12.8. The van der Waals surface area contributed by atoms with E-state index in [-0.39, 0.29) is 6.54 Å². The third kappa shape index (κ3) is 4.80. The van der Waals surface area contributed by atoms with Gasteiger partial charge >= 0.3 is 5.97 Å². The zero-order valence-corrected chi connectivity index (χ0v) is 10.0. The van der Waals surface area contributed by atoms with Crippen LogP contribution in [0, 0.1) is 6.92 Å². The van der Waals surface area contributed by atoms with Crippen LogP contribution in [0.25, 0.3) is 6.08 Å². The molecule has 0 aliphatic carbocycles. The Labute approximate surface area is 102 Å². The van der Waals surface area contributed by atoms with E-state index in [1.165, 1.54) is 6.08 Å². The molecule has 1 aromatic heterocycles. The number of amides is 1. The number of aliphatic carboxylic acids is 1. The summed E-state index contributed by atoms with van der Waals surface area (Å²) in [5.74, 6) is -1.79. The third-order valence-electron chi connectivity index (χ3n) is 1.91. The van der Waals surface area contributed by atoms with Gasteiger partial charge in [-0.1, -0.05) is 0 Å². The summed E-state index contributed by atoms with van der Waals surface area (Å²) in [6.45, 7) is 1.66. The second kappa shape index (κ2) is 6.17. The highest BCUT2D eigenvalue weighted by molar-refractivity contribution is 7.12. The van der Waals surface area contributed by atoms with Gasteiger partial charge in [-0.2, -0.15) is 0 Å². The molecule has 0 saturated heterocycles. The number of carbonyl (C=O) groups is 2. The van der Waals surface area contributed by atoms with Crippen molar-refractivity contribution in [3.63, 3.8) is 0 Å². The lowest BCUT2D eigenvalue weighted by Crippen LogP contribution is -2.35. The van der Waals surface area contributed by atoms with Crippen molar-refractivity contribution in [2.75, 3.05) is 6.54 Å². The molecule has 0 spiro atoms. The average molecular weight is 255 g/mol. The standard InChI is InChI=1S/C11H13NO4S/c1-7-2-3-8(17-7)4-5-10(14)12-6-9(13)11(15)16/h2-5,9,13H,6H2,1H3,(H,12,14)(H,15,16)/b5-4+/t9-/m0/s1. The minimum Gasteiger partial charge on any atom is -0.479 e. The first-order valence-electron chi connectivity index (χ1n) is 4.92. The van der Waals surface area contributed by atoms with E-state index < -0.39 is 18.0 Å². The Hall–Kier alpha value is -1.66. The predicted octanol–water partition coefficient (Wildman–Crippen LogP) is 0.631. The Bertz CT molecular complexity index is 438. The van der Waals surface area contributed by atoms with Crippen molar-refractivity contribution in [3.8, 4) is 0 Å². The van der Waals surface area contributed by atoms with Gasteiger partial charge in [0, 0.05) is 15.8 Å². The van der Waals surface area contributed by atoms with Gasteiger partial charge in [-0.25, -0.2) is 4.79 Å². The van der Waals surface area contributed by atoms with Crippen molar-refractivity contribution in [2.45, 2.75) is 13.0 Å². The fourth-order valence-electron chi connectivity index (χ4n) is 1.04. The number of rotatable bonds is 5. The fraction of sp³-hybridized carbons (Fsp3) is 0.273. The number of hydrogen-bond acceptors (Lipinski definition) is 4. The lowest BCUT2D eigenvalue weighted by molar-refractivity contribution is -0.146. The second-order valence-electron chi connectivity index (χ2n) is 3.38. The third-order valence-corrected chi connectivity index (χ3v) is 2.88. The van der Waals surface area contributed by atoms with Gasteiger partial charge in [-0.3, -0.25) is 4.79 Å². The molecule has 92 valence electrons. The summed E-state index contributed by atoms with van der Waals surface area (Å²) < 4.78 is 0. The maximum Gasteiger partial charge on any atom is 0.334 e. The van der Waals surface area contributed by atoms with E-state index in [9.17, 15) is 9.59 Å². The van der Waals surface area contributed by atoms with Gasteiger partial charge in [-0.05, 0) is 25.1 Å². The summed E-state index contributed by atoms with van der Waals surface area (Å²) in [7, 11) is 0. The number of carbonyl (C=O) groups excluding carboxylic acids is 1. The Morgan fingerprint density at radius 3 is 2.76 bits per heavy atom. The van der Waals surface area contributed by atoms with Crippen LogP contribution in [0.2, 0.25) is 0 Å². The topological polar surface area (TPSA) is 86.6 Å². The molecule has 0 bridgehead atoms. The van der Waals surface area contributed by atoms with Crippen molar-refractivity contribution in [1.29, 1.82) is 0 Å². The first-order chi connectivity index (χ1) is 7.99. The van der Waals surface area contributed by atoms with Gasteiger partial charge < -0.3 is 15.5 Å². The van der Waals surface area contributed by atoms with E-state index in [1.54, 1.807) is 17.4 Å². The van der Waals surface area contributed by atoms with Crippen LogP contribution < -0.4 is 5.32 Å². The summed E-state index contributed by atoms with van der Waals surface area (Å²) in [6.07, 6.45) is 1.37. The predicted molar refractivity (Wildman–Crippen MR) is 64.7 cm³/mol. The maximum absolute atomic E-state index is 11.3. The Morgan fingerprint density at radius 1 is 1.53 bits per heavy atom. The zero-order valence-electron chi connectivity index (χ0n) is 9.21. The highest BCUT2D eigenvalue weighted by Crippen LogP contribution is 2.16. The van der Waals surface area contributed by atoms with Gasteiger partial charge in [0.05, 0.1) is 6.54 Å². The molecule has 0 aromatic carbocycles. The molecular formula is C11H13NO4S. The monoisotopic (exact) mass is 255 g/mol. The summed E-state index contributed by atoms with van der Waals surface area (Å²) in [5, 5.41) is 19.6. The maximum atomic E-state index is 11.3. The van der Waals surface area contributed by atoms with E-state index in [1.807, 2.05) is 19.1 Å². The molecule has 1 aromatic rings. The molecular weight excluding hydrogens is 242 g/mol. The number of aryl methyl sites for hydroxylation is 1. The molecule has 0 aliphatic rings. The number of aliphatic hydroxyl groups is 1. The van der Waals surface area contributed by atoms with Crippen molar-refractivity contribution < 1.29 is 19.8 Å². The van der Waals surface area contributed by atoms with Gasteiger partial charge in [0.1, 0.15) is 0 Å². The minimum absolute atomic E-state index is 0.304. The van der Waals surface area contributed by atoms with Crippen molar-refractivity contribution in [3.05, 3.63) is 28.0 Å². The number of hydrogen-bond donors (Lipinski definition) is 3. The van der Waals surface area contributed by atoms with Crippen LogP contribution in [0.4, 0.5) is 0 Å². The van der Waals surface area contributed by atoms with Gasteiger partial charge in [0.25, 0.3) is 0 Å². The molecule has 0 aliphatic heterocycles. The van der Waals surface area contributed by atoms with Crippen LogP contribution in [0.15, 0.2) is 18.2 Å². The second-order valence-corrected chi connectivity index (χ2v) is 4.70. The minimum atomic E-state index is -1.57. The highest BCUT2D eigenvalue weighted by Gasteiger charge is 2.12. The van der Waals surface area contributed by atoms with E-state index in [2.05, 4.69) is 5.32 Å². The van der Waals surface area contributed by atoms with Crippen LogP contribution >= 0.6 is 11.3 Å². The number of nitrogens with one attached hydrogen (secondary N) is 1. The van der Waals surface area contributed by atoms with Crippen LogP contribution in [0.1, 0.15) is 9.75 Å².